The maximum Gasteiger partial charge on any atom is 0.241 e. The van der Waals surface area contributed by atoms with Crippen molar-refractivity contribution in [3.63, 3.8) is 0 Å². The normalized spacial score (nSPS) is 12.2. The van der Waals surface area contributed by atoms with Crippen LogP contribution in [-0.2, 0) is 21.3 Å². The fourth-order valence-corrected chi connectivity index (χ4v) is 4.55. The van der Waals surface area contributed by atoms with Gasteiger partial charge >= 0.3 is 0 Å². The van der Waals surface area contributed by atoms with E-state index in [-0.39, 0.29) is 0 Å². The highest BCUT2D eigenvalue weighted by molar-refractivity contribution is 7.89. The summed E-state index contributed by atoms with van der Waals surface area (Å²) >= 11 is 1.51. The summed E-state index contributed by atoms with van der Waals surface area (Å²) in [5, 5.41) is 3.03. The zero-order chi connectivity index (χ0) is 15.9. The van der Waals surface area contributed by atoms with E-state index in [1.54, 1.807) is 6.07 Å². The zero-order valence-electron chi connectivity index (χ0n) is 13.2. The molecule has 21 heavy (non-hydrogen) atoms. The maximum atomic E-state index is 12.2. The Morgan fingerprint density at radius 2 is 2.10 bits per heavy atom. The Morgan fingerprint density at radius 3 is 2.71 bits per heavy atom. The molecule has 0 bridgehead atoms. The molecule has 0 aliphatic heterocycles. The first kappa shape index (κ1) is 18.6. The standard InChI is InChI=1S/C14H26N2O3S2/c1-11(2)10-19-7-5-6-16-21(17,18)14-8-13(9-15-4)20-12(14)3/h8,11,15-16H,5-7,9-10H2,1-4H3. The lowest BCUT2D eigenvalue weighted by molar-refractivity contribution is 0.108. The minimum Gasteiger partial charge on any atom is -0.381 e. The van der Waals surface area contributed by atoms with Crippen molar-refractivity contribution in [2.24, 2.45) is 5.92 Å². The average molecular weight is 335 g/mol. The Balaban J connectivity index is 2.46. The molecule has 5 nitrogen and oxygen atoms in total. The van der Waals surface area contributed by atoms with E-state index in [1.165, 1.54) is 11.3 Å². The van der Waals surface area contributed by atoms with Gasteiger partial charge in [-0.3, -0.25) is 0 Å². The van der Waals surface area contributed by atoms with Gasteiger partial charge in [0.25, 0.3) is 0 Å². The third-order valence-corrected chi connectivity index (χ3v) is 5.54. The fraction of sp³-hybridized carbons (Fsp3) is 0.714. The van der Waals surface area contributed by atoms with Crippen LogP contribution in [0.1, 0.15) is 30.0 Å². The zero-order valence-corrected chi connectivity index (χ0v) is 14.9. The molecule has 2 N–H and O–H groups in total. The van der Waals surface area contributed by atoms with Crippen molar-refractivity contribution in [1.82, 2.24) is 10.0 Å². The van der Waals surface area contributed by atoms with Crippen molar-refractivity contribution in [3.05, 3.63) is 15.8 Å². The molecule has 1 rings (SSSR count). The SMILES string of the molecule is CNCc1cc(S(=O)(=O)NCCCOCC(C)C)c(C)s1. The molecule has 0 saturated carbocycles. The molecule has 122 valence electrons. The number of ether oxygens (including phenoxy) is 1. The molecular weight excluding hydrogens is 308 g/mol. The Hall–Kier alpha value is -0.470. The first-order chi connectivity index (χ1) is 9.86. The van der Waals surface area contributed by atoms with Gasteiger partial charge in [-0.2, -0.15) is 0 Å². The van der Waals surface area contributed by atoms with Gasteiger partial charge in [0.2, 0.25) is 10.0 Å². The molecule has 0 fully saturated rings. The Bertz CT molecular complexity index is 524. The summed E-state index contributed by atoms with van der Waals surface area (Å²) < 4.78 is 32.6. The molecule has 0 spiro atoms. The summed E-state index contributed by atoms with van der Waals surface area (Å²) in [4.78, 5) is 2.24. The van der Waals surface area contributed by atoms with Gasteiger partial charge < -0.3 is 10.1 Å². The van der Waals surface area contributed by atoms with E-state index in [1.807, 2.05) is 14.0 Å². The summed E-state index contributed by atoms with van der Waals surface area (Å²) in [6.45, 7) is 8.39. The van der Waals surface area contributed by atoms with E-state index in [2.05, 4.69) is 23.9 Å². The fourth-order valence-electron chi connectivity index (χ4n) is 1.83. The van der Waals surface area contributed by atoms with Gasteiger partial charge in [-0.05, 0) is 32.4 Å². The lowest BCUT2D eigenvalue weighted by Crippen LogP contribution is -2.26. The van der Waals surface area contributed by atoms with E-state index in [4.69, 9.17) is 4.74 Å². The molecule has 0 saturated heterocycles. The van der Waals surface area contributed by atoms with Crippen molar-refractivity contribution in [3.8, 4) is 0 Å². The van der Waals surface area contributed by atoms with Crippen LogP contribution in [0.5, 0.6) is 0 Å². The predicted octanol–water partition coefficient (Wildman–Crippen LogP) is 2.12. The van der Waals surface area contributed by atoms with Gasteiger partial charge in [0.1, 0.15) is 0 Å². The highest BCUT2D eigenvalue weighted by atomic mass is 32.2. The Morgan fingerprint density at radius 1 is 1.38 bits per heavy atom. The van der Waals surface area contributed by atoms with Crippen molar-refractivity contribution in [2.45, 2.75) is 38.6 Å². The van der Waals surface area contributed by atoms with Crippen LogP contribution >= 0.6 is 11.3 Å². The van der Waals surface area contributed by atoms with E-state index >= 15 is 0 Å². The van der Waals surface area contributed by atoms with E-state index < -0.39 is 10.0 Å². The minimum absolute atomic E-state index is 0.390. The van der Waals surface area contributed by atoms with E-state index in [0.29, 0.717) is 43.5 Å². The van der Waals surface area contributed by atoms with Gasteiger partial charge in [0.15, 0.2) is 0 Å². The largest absolute Gasteiger partial charge is 0.381 e. The van der Waals surface area contributed by atoms with Crippen LogP contribution in [0.2, 0.25) is 0 Å². The molecule has 7 heteroatoms. The van der Waals surface area contributed by atoms with E-state index in [9.17, 15) is 8.42 Å². The molecular formula is C14H26N2O3S2. The monoisotopic (exact) mass is 334 g/mol. The molecule has 0 atom stereocenters. The molecule has 1 heterocycles. The second-order valence-electron chi connectivity index (χ2n) is 5.38. The van der Waals surface area contributed by atoms with Crippen LogP contribution in [0.25, 0.3) is 0 Å². The lowest BCUT2D eigenvalue weighted by atomic mass is 10.2. The van der Waals surface area contributed by atoms with Crippen LogP contribution in [0.15, 0.2) is 11.0 Å². The number of aryl methyl sites for hydroxylation is 1. The number of thiophene rings is 1. The summed E-state index contributed by atoms with van der Waals surface area (Å²) in [6, 6.07) is 1.74. The molecule has 0 aliphatic carbocycles. The first-order valence-corrected chi connectivity index (χ1v) is 9.48. The number of sulfonamides is 1. The third kappa shape index (κ3) is 6.44. The molecule has 0 amide bonds. The van der Waals surface area contributed by atoms with Gasteiger partial charge in [-0.1, -0.05) is 13.8 Å². The molecule has 0 aromatic carbocycles. The number of rotatable bonds is 10. The molecule has 1 aromatic heterocycles. The summed E-state index contributed by atoms with van der Waals surface area (Å²) in [5.74, 6) is 0.501. The van der Waals surface area contributed by atoms with Gasteiger partial charge in [-0.25, -0.2) is 13.1 Å². The second kappa shape index (κ2) is 8.85. The van der Waals surface area contributed by atoms with Crippen LogP contribution in [0.3, 0.4) is 0 Å². The Kier molecular flexibility index (Phi) is 7.83. The quantitative estimate of drug-likeness (QED) is 0.643. The van der Waals surface area contributed by atoms with Crippen LogP contribution in [0.4, 0.5) is 0 Å². The molecule has 0 radical (unpaired) electrons. The topological polar surface area (TPSA) is 67.4 Å². The van der Waals surface area contributed by atoms with Crippen LogP contribution in [0, 0.1) is 12.8 Å². The van der Waals surface area contributed by atoms with Crippen molar-refractivity contribution in [1.29, 1.82) is 0 Å². The second-order valence-corrected chi connectivity index (χ2v) is 8.46. The maximum absolute atomic E-state index is 12.2. The Labute approximate surface area is 132 Å². The molecule has 0 aliphatic rings. The number of hydrogen-bond donors (Lipinski definition) is 2. The highest BCUT2D eigenvalue weighted by Crippen LogP contribution is 2.25. The minimum atomic E-state index is -3.41. The average Bonchev–Trinajstić information content (AvgIpc) is 2.75. The lowest BCUT2D eigenvalue weighted by Gasteiger charge is -2.08. The van der Waals surface area contributed by atoms with E-state index in [0.717, 1.165) is 9.75 Å². The number of nitrogens with one attached hydrogen (secondary N) is 2. The first-order valence-electron chi connectivity index (χ1n) is 7.18. The van der Waals surface area contributed by atoms with Gasteiger partial charge in [-0.15, -0.1) is 11.3 Å². The van der Waals surface area contributed by atoms with Crippen LogP contribution < -0.4 is 10.0 Å². The smallest absolute Gasteiger partial charge is 0.241 e. The third-order valence-electron chi connectivity index (χ3n) is 2.77. The molecule has 0 unspecified atom stereocenters. The highest BCUT2D eigenvalue weighted by Gasteiger charge is 2.19. The van der Waals surface area contributed by atoms with Gasteiger partial charge in [0.05, 0.1) is 4.90 Å². The number of hydrogen-bond acceptors (Lipinski definition) is 5. The van der Waals surface area contributed by atoms with Crippen molar-refractivity contribution in [2.75, 3.05) is 26.8 Å². The molecule has 1 aromatic rings. The summed E-state index contributed by atoms with van der Waals surface area (Å²) in [7, 11) is -1.57. The predicted molar refractivity (Wildman–Crippen MR) is 87.3 cm³/mol. The summed E-state index contributed by atoms with van der Waals surface area (Å²) in [6.07, 6.45) is 0.679. The summed E-state index contributed by atoms with van der Waals surface area (Å²) in [5.41, 5.74) is 0. The van der Waals surface area contributed by atoms with Crippen molar-refractivity contribution >= 4 is 21.4 Å². The van der Waals surface area contributed by atoms with Crippen molar-refractivity contribution < 1.29 is 13.2 Å². The van der Waals surface area contributed by atoms with Gasteiger partial charge in [0, 0.05) is 36.1 Å². The van der Waals surface area contributed by atoms with Crippen LogP contribution in [-0.4, -0.2) is 35.2 Å².